The molecule has 1 aromatic carbocycles. The Morgan fingerprint density at radius 3 is 2.60 bits per heavy atom. The number of rotatable bonds is 4. The van der Waals surface area contributed by atoms with Crippen molar-refractivity contribution in [3.63, 3.8) is 0 Å². The van der Waals surface area contributed by atoms with Crippen molar-refractivity contribution >= 4 is 11.9 Å². The highest BCUT2D eigenvalue weighted by molar-refractivity contribution is 5.94. The highest BCUT2D eigenvalue weighted by atomic mass is 16.5. The Labute approximate surface area is 116 Å². The first-order valence-electron chi connectivity index (χ1n) is 6.27. The molecule has 6 nitrogen and oxygen atoms in total. The van der Waals surface area contributed by atoms with Crippen LogP contribution in [0.5, 0.6) is 0 Å². The van der Waals surface area contributed by atoms with Gasteiger partial charge in [0.15, 0.2) is 6.10 Å². The summed E-state index contributed by atoms with van der Waals surface area (Å²) >= 11 is 0. The van der Waals surface area contributed by atoms with E-state index in [-0.39, 0.29) is 18.6 Å². The normalized spacial score (nSPS) is 21.1. The van der Waals surface area contributed by atoms with E-state index in [9.17, 15) is 9.59 Å². The van der Waals surface area contributed by atoms with Crippen LogP contribution < -0.4 is 5.32 Å². The number of ether oxygens (including phenoxy) is 1. The minimum absolute atomic E-state index is 0.265. The van der Waals surface area contributed by atoms with Crippen LogP contribution in [0.15, 0.2) is 24.3 Å². The van der Waals surface area contributed by atoms with Crippen molar-refractivity contribution in [1.29, 1.82) is 5.26 Å². The van der Waals surface area contributed by atoms with Gasteiger partial charge in [-0.05, 0) is 37.1 Å². The summed E-state index contributed by atoms with van der Waals surface area (Å²) in [5.74, 6) is -1.23. The monoisotopic (exact) mass is 274 g/mol. The lowest BCUT2D eigenvalue weighted by Crippen LogP contribution is -2.33. The number of hydrogen-bond acceptors (Lipinski definition) is 4. The van der Waals surface area contributed by atoms with Crippen LogP contribution in [0.4, 0.5) is 0 Å². The molecule has 0 radical (unpaired) electrons. The average Bonchev–Trinajstić information content (AvgIpc) is 2.94. The number of carboxylic acid groups (broad SMARTS) is 1. The van der Waals surface area contributed by atoms with E-state index in [0.29, 0.717) is 24.0 Å². The summed E-state index contributed by atoms with van der Waals surface area (Å²) < 4.78 is 5.29. The molecule has 2 N–H and O–H groups in total. The lowest BCUT2D eigenvalue weighted by molar-refractivity contribution is -0.149. The van der Waals surface area contributed by atoms with E-state index in [2.05, 4.69) is 5.32 Å². The van der Waals surface area contributed by atoms with Gasteiger partial charge < -0.3 is 15.2 Å². The molecule has 1 heterocycles. The molecule has 0 spiro atoms. The fourth-order valence-electron chi connectivity index (χ4n) is 2.04. The summed E-state index contributed by atoms with van der Waals surface area (Å²) in [6.07, 6.45) is 0.0439. The molecule has 6 heteroatoms. The number of aliphatic carboxylic acids is 1. The number of nitrogens with zero attached hydrogens (tertiary/aromatic N) is 1. The molecule has 2 unspecified atom stereocenters. The molecular formula is C14H14N2O4. The van der Waals surface area contributed by atoms with Crippen LogP contribution >= 0.6 is 0 Å². The maximum absolute atomic E-state index is 11.9. The van der Waals surface area contributed by atoms with E-state index in [1.54, 1.807) is 24.3 Å². The molecule has 1 aromatic rings. The van der Waals surface area contributed by atoms with Crippen LogP contribution in [0.1, 0.15) is 28.8 Å². The van der Waals surface area contributed by atoms with Crippen LogP contribution in [-0.2, 0) is 9.53 Å². The molecule has 20 heavy (non-hydrogen) atoms. The molecule has 0 saturated carbocycles. The van der Waals surface area contributed by atoms with Gasteiger partial charge in [-0.25, -0.2) is 4.79 Å². The maximum Gasteiger partial charge on any atom is 0.332 e. The van der Waals surface area contributed by atoms with Crippen LogP contribution in [0, 0.1) is 11.3 Å². The molecule has 104 valence electrons. The van der Waals surface area contributed by atoms with Crippen molar-refractivity contribution in [2.75, 3.05) is 6.54 Å². The molecule has 1 aliphatic heterocycles. The number of nitrogens with one attached hydrogen (secondary N) is 1. The summed E-state index contributed by atoms with van der Waals surface area (Å²) in [6.45, 7) is 0.280. The van der Waals surface area contributed by atoms with Gasteiger partial charge in [0.05, 0.1) is 17.7 Å². The minimum Gasteiger partial charge on any atom is -0.479 e. The number of carbonyl (C=O) groups excluding carboxylic acids is 1. The Morgan fingerprint density at radius 1 is 1.35 bits per heavy atom. The Balaban J connectivity index is 1.83. The molecule has 2 rings (SSSR count). The van der Waals surface area contributed by atoms with Crippen molar-refractivity contribution in [1.82, 2.24) is 5.32 Å². The summed E-state index contributed by atoms with van der Waals surface area (Å²) in [7, 11) is 0. The second-order valence-corrected chi connectivity index (χ2v) is 4.56. The lowest BCUT2D eigenvalue weighted by Gasteiger charge is -2.12. The van der Waals surface area contributed by atoms with E-state index >= 15 is 0 Å². The summed E-state index contributed by atoms with van der Waals surface area (Å²) in [5.41, 5.74) is 0.946. The van der Waals surface area contributed by atoms with E-state index in [1.807, 2.05) is 6.07 Å². The van der Waals surface area contributed by atoms with E-state index < -0.39 is 12.1 Å². The zero-order chi connectivity index (χ0) is 14.5. The summed E-state index contributed by atoms with van der Waals surface area (Å²) in [6, 6.07) is 8.27. The third kappa shape index (κ3) is 3.33. The van der Waals surface area contributed by atoms with Gasteiger partial charge in [-0.3, -0.25) is 4.79 Å². The summed E-state index contributed by atoms with van der Waals surface area (Å²) in [5, 5.41) is 20.2. The lowest BCUT2D eigenvalue weighted by atomic mass is 10.1. The van der Waals surface area contributed by atoms with Crippen molar-refractivity contribution in [3.05, 3.63) is 35.4 Å². The zero-order valence-electron chi connectivity index (χ0n) is 10.7. The Morgan fingerprint density at radius 2 is 2.05 bits per heavy atom. The fraction of sp³-hybridized carbons (Fsp3) is 0.357. The first-order chi connectivity index (χ1) is 9.60. The minimum atomic E-state index is -0.967. The number of carboxylic acids is 1. The predicted molar refractivity (Wildman–Crippen MR) is 69.0 cm³/mol. The van der Waals surface area contributed by atoms with Gasteiger partial charge in [0.2, 0.25) is 0 Å². The quantitative estimate of drug-likeness (QED) is 0.850. The Kier molecular flexibility index (Phi) is 4.33. The second kappa shape index (κ2) is 6.17. The number of carbonyl (C=O) groups is 2. The van der Waals surface area contributed by atoms with Crippen molar-refractivity contribution in [2.45, 2.75) is 25.0 Å². The van der Waals surface area contributed by atoms with Gasteiger partial charge in [-0.1, -0.05) is 0 Å². The summed E-state index contributed by atoms with van der Waals surface area (Å²) in [4.78, 5) is 22.6. The number of nitriles is 1. The molecule has 0 aliphatic carbocycles. The smallest absolute Gasteiger partial charge is 0.332 e. The third-order valence-electron chi connectivity index (χ3n) is 3.15. The molecule has 2 atom stereocenters. The van der Waals surface area contributed by atoms with Crippen molar-refractivity contribution in [2.24, 2.45) is 0 Å². The third-order valence-corrected chi connectivity index (χ3v) is 3.15. The number of amides is 1. The number of hydrogen-bond donors (Lipinski definition) is 2. The molecule has 0 bridgehead atoms. The van der Waals surface area contributed by atoms with Crippen LogP contribution in [0.2, 0.25) is 0 Å². The first-order valence-corrected chi connectivity index (χ1v) is 6.27. The van der Waals surface area contributed by atoms with E-state index in [1.165, 1.54) is 0 Å². The molecule has 1 fully saturated rings. The molecule has 0 aromatic heterocycles. The largest absolute Gasteiger partial charge is 0.479 e. The standard InChI is InChI=1S/C14H14N2O4/c15-7-9-1-3-10(4-2-9)13(17)16-8-11-5-6-12(20-11)14(18)19/h1-4,11-12H,5-6,8H2,(H,16,17)(H,18,19). The van der Waals surface area contributed by atoms with Crippen LogP contribution in [0.3, 0.4) is 0 Å². The molecule has 1 amide bonds. The van der Waals surface area contributed by atoms with E-state index in [0.717, 1.165) is 0 Å². The van der Waals surface area contributed by atoms with Gasteiger partial charge >= 0.3 is 5.97 Å². The first kappa shape index (κ1) is 14.0. The van der Waals surface area contributed by atoms with Gasteiger partial charge in [-0.15, -0.1) is 0 Å². The molecular weight excluding hydrogens is 260 g/mol. The van der Waals surface area contributed by atoms with Gasteiger partial charge in [0, 0.05) is 12.1 Å². The predicted octanol–water partition coefficient (Wildman–Crippen LogP) is 0.920. The highest BCUT2D eigenvalue weighted by Gasteiger charge is 2.30. The number of benzene rings is 1. The van der Waals surface area contributed by atoms with Gasteiger partial charge in [0.25, 0.3) is 5.91 Å². The second-order valence-electron chi connectivity index (χ2n) is 4.56. The van der Waals surface area contributed by atoms with Crippen LogP contribution in [0.25, 0.3) is 0 Å². The van der Waals surface area contributed by atoms with Gasteiger partial charge in [-0.2, -0.15) is 5.26 Å². The highest BCUT2D eigenvalue weighted by Crippen LogP contribution is 2.19. The Hall–Kier alpha value is -2.39. The van der Waals surface area contributed by atoms with Crippen molar-refractivity contribution < 1.29 is 19.4 Å². The topological polar surface area (TPSA) is 99.4 Å². The van der Waals surface area contributed by atoms with Crippen LogP contribution in [-0.4, -0.2) is 35.7 Å². The van der Waals surface area contributed by atoms with Crippen molar-refractivity contribution in [3.8, 4) is 6.07 Å². The van der Waals surface area contributed by atoms with Gasteiger partial charge in [0.1, 0.15) is 0 Å². The molecule has 1 aliphatic rings. The maximum atomic E-state index is 11.9. The molecule has 1 saturated heterocycles. The average molecular weight is 274 g/mol. The Bertz CT molecular complexity index is 547. The SMILES string of the molecule is N#Cc1ccc(C(=O)NCC2CCC(C(=O)O)O2)cc1. The zero-order valence-corrected chi connectivity index (χ0v) is 10.7. The fourth-order valence-corrected chi connectivity index (χ4v) is 2.04. The van der Waals surface area contributed by atoms with E-state index in [4.69, 9.17) is 15.1 Å².